The predicted molar refractivity (Wildman–Crippen MR) is 120 cm³/mol. The van der Waals surface area contributed by atoms with Crippen molar-refractivity contribution in [3.05, 3.63) is 54.1 Å². The molecule has 0 saturated carbocycles. The molecule has 0 aliphatic carbocycles. The fourth-order valence-corrected chi connectivity index (χ4v) is 4.65. The van der Waals surface area contributed by atoms with E-state index >= 15 is 0 Å². The van der Waals surface area contributed by atoms with E-state index in [0.29, 0.717) is 11.3 Å². The Morgan fingerprint density at radius 1 is 1.10 bits per heavy atom. The van der Waals surface area contributed by atoms with E-state index in [1.165, 1.54) is 31.3 Å². The summed E-state index contributed by atoms with van der Waals surface area (Å²) in [5.41, 5.74) is 1.97. The number of likely N-dealkylation sites (N-methyl/N-ethyl adjacent to an activating group) is 2. The van der Waals surface area contributed by atoms with E-state index in [1.807, 2.05) is 30.3 Å². The molecule has 1 heterocycles. The zero-order chi connectivity index (χ0) is 22.4. The molecule has 0 radical (unpaired) electrons. The number of nitrogens with one attached hydrogen (secondary N) is 1. The Hall–Kier alpha value is -2.93. The number of rotatable bonds is 7. The number of anilines is 2. The van der Waals surface area contributed by atoms with Crippen molar-refractivity contribution in [3.8, 4) is 6.07 Å². The van der Waals surface area contributed by atoms with Gasteiger partial charge in [0.25, 0.3) is 0 Å². The van der Waals surface area contributed by atoms with Gasteiger partial charge in [-0.25, -0.2) is 8.42 Å². The van der Waals surface area contributed by atoms with E-state index < -0.39 is 15.9 Å². The van der Waals surface area contributed by atoms with Gasteiger partial charge in [0.2, 0.25) is 15.9 Å². The molecule has 3 rings (SSSR count). The van der Waals surface area contributed by atoms with Crippen molar-refractivity contribution in [2.45, 2.75) is 11.8 Å². The van der Waals surface area contributed by atoms with Crippen LogP contribution >= 0.6 is 0 Å². The van der Waals surface area contributed by atoms with E-state index in [9.17, 15) is 13.2 Å². The lowest BCUT2D eigenvalue weighted by molar-refractivity contribution is -0.116. The van der Waals surface area contributed by atoms with Gasteiger partial charge in [-0.05, 0) is 42.9 Å². The van der Waals surface area contributed by atoms with Crippen LogP contribution in [0.4, 0.5) is 11.4 Å². The molecule has 1 aliphatic rings. The second-order valence-electron chi connectivity index (χ2n) is 7.38. The quantitative estimate of drug-likeness (QED) is 0.706. The van der Waals surface area contributed by atoms with Crippen molar-refractivity contribution in [2.75, 3.05) is 56.5 Å². The number of nitriles is 1. The molecule has 1 saturated heterocycles. The maximum absolute atomic E-state index is 12.7. The standard InChI is InChI=1S/C22H27N5O3S/c1-3-26-12-14-27(15-13-26)21-7-5-4-6-20(21)24-22(28)17-25(2)31(29,30)19-10-8-18(16-23)9-11-19/h4-11H,3,12-15,17H2,1-2H3,(H,24,28). The number of benzene rings is 2. The Morgan fingerprint density at radius 2 is 1.74 bits per heavy atom. The molecule has 1 amide bonds. The van der Waals surface area contributed by atoms with Gasteiger partial charge in [0.05, 0.1) is 34.4 Å². The highest BCUT2D eigenvalue weighted by Gasteiger charge is 2.24. The summed E-state index contributed by atoms with van der Waals surface area (Å²) in [4.78, 5) is 17.3. The minimum absolute atomic E-state index is 0.0380. The van der Waals surface area contributed by atoms with Gasteiger partial charge in [0, 0.05) is 33.2 Å². The number of nitrogens with zero attached hydrogens (tertiary/aromatic N) is 4. The summed E-state index contributed by atoms with van der Waals surface area (Å²) in [6.45, 7) is 6.51. The fraction of sp³-hybridized carbons (Fsp3) is 0.364. The fourth-order valence-electron chi connectivity index (χ4n) is 3.52. The number of hydrogen-bond acceptors (Lipinski definition) is 6. The Labute approximate surface area is 183 Å². The van der Waals surface area contributed by atoms with Crippen LogP contribution in [0, 0.1) is 11.3 Å². The van der Waals surface area contributed by atoms with Gasteiger partial charge in [-0.1, -0.05) is 19.1 Å². The van der Waals surface area contributed by atoms with Crippen LogP contribution in [0.2, 0.25) is 0 Å². The lowest BCUT2D eigenvalue weighted by atomic mass is 10.2. The zero-order valence-electron chi connectivity index (χ0n) is 17.8. The number of carbonyl (C=O) groups excluding carboxylic acids is 1. The topological polar surface area (TPSA) is 96.8 Å². The van der Waals surface area contributed by atoms with E-state index in [0.717, 1.165) is 42.7 Å². The average Bonchev–Trinajstić information content (AvgIpc) is 2.79. The van der Waals surface area contributed by atoms with Gasteiger partial charge < -0.3 is 15.1 Å². The van der Waals surface area contributed by atoms with Crippen LogP contribution in [0.15, 0.2) is 53.4 Å². The van der Waals surface area contributed by atoms with E-state index in [2.05, 4.69) is 22.0 Å². The van der Waals surface area contributed by atoms with Crippen molar-refractivity contribution in [3.63, 3.8) is 0 Å². The molecule has 0 unspecified atom stereocenters. The second-order valence-corrected chi connectivity index (χ2v) is 9.43. The minimum Gasteiger partial charge on any atom is -0.367 e. The smallest absolute Gasteiger partial charge is 0.243 e. The molecule has 0 spiro atoms. The summed E-state index contributed by atoms with van der Waals surface area (Å²) >= 11 is 0. The van der Waals surface area contributed by atoms with Gasteiger partial charge >= 0.3 is 0 Å². The summed E-state index contributed by atoms with van der Waals surface area (Å²) in [5, 5.41) is 11.7. The minimum atomic E-state index is -3.84. The first-order valence-electron chi connectivity index (χ1n) is 10.2. The van der Waals surface area contributed by atoms with Crippen molar-refractivity contribution in [2.24, 2.45) is 0 Å². The second kappa shape index (κ2) is 9.92. The number of para-hydroxylation sites is 2. The molecule has 2 aromatic rings. The maximum Gasteiger partial charge on any atom is 0.243 e. The monoisotopic (exact) mass is 441 g/mol. The first-order valence-corrected chi connectivity index (χ1v) is 11.6. The largest absolute Gasteiger partial charge is 0.367 e. The predicted octanol–water partition coefficient (Wildman–Crippen LogP) is 1.96. The van der Waals surface area contributed by atoms with Crippen LogP contribution in [0.25, 0.3) is 0 Å². The Balaban J connectivity index is 1.67. The Morgan fingerprint density at radius 3 is 2.35 bits per heavy atom. The third-order valence-electron chi connectivity index (χ3n) is 5.40. The summed E-state index contributed by atoms with van der Waals surface area (Å²) in [7, 11) is -2.48. The van der Waals surface area contributed by atoms with Gasteiger partial charge in [0.15, 0.2) is 0 Å². The zero-order valence-corrected chi connectivity index (χ0v) is 18.6. The third-order valence-corrected chi connectivity index (χ3v) is 7.21. The molecule has 0 atom stereocenters. The first kappa shape index (κ1) is 22.7. The highest BCUT2D eigenvalue weighted by Crippen LogP contribution is 2.26. The molecule has 164 valence electrons. The lowest BCUT2D eigenvalue weighted by Gasteiger charge is -2.36. The third kappa shape index (κ3) is 5.41. The van der Waals surface area contributed by atoms with Gasteiger partial charge in [0.1, 0.15) is 0 Å². The molecule has 9 heteroatoms. The van der Waals surface area contributed by atoms with Crippen molar-refractivity contribution in [1.82, 2.24) is 9.21 Å². The summed E-state index contributed by atoms with van der Waals surface area (Å²) in [5.74, 6) is -0.417. The van der Waals surface area contributed by atoms with E-state index in [-0.39, 0.29) is 11.4 Å². The molecule has 1 aliphatic heterocycles. The Kier molecular flexibility index (Phi) is 7.28. The lowest BCUT2D eigenvalue weighted by Crippen LogP contribution is -2.46. The first-order chi connectivity index (χ1) is 14.8. The van der Waals surface area contributed by atoms with Crippen LogP contribution in [-0.4, -0.2) is 69.8 Å². The summed E-state index contributed by atoms with van der Waals surface area (Å²) < 4.78 is 26.5. The Bertz CT molecular complexity index is 1060. The molecule has 1 fully saturated rings. The van der Waals surface area contributed by atoms with Crippen LogP contribution in [0.3, 0.4) is 0 Å². The molecule has 0 aromatic heterocycles. The van der Waals surface area contributed by atoms with Gasteiger partial charge in [-0.3, -0.25) is 4.79 Å². The highest BCUT2D eigenvalue weighted by atomic mass is 32.2. The molecule has 31 heavy (non-hydrogen) atoms. The van der Waals surface area contributed by atoms with E-state index in [4.69, 9.17) is 5.26 Å². The SMILES string of the molecule is CCN1CCN(c2ccccc2NC(=O)CN(C)S(=O)(=O)c2ccc(C#N)cc2)CC1. The molecule has 1 N–H and O–H groups in total. The molecule has 2 aromatic carbocycles. The van der Waals surface area contributed by atoms with Gasteiger partial charge in [-0.15, -0.1) is 0 Å². The highest BCUT2D eigenvalue weighted by molar-refractivity contribution is 7.89. The summed E-state index contributed by atoms with van der Waals surface area (Å²) in [6.07, 6.45) is 0. The average molecular weight is 442 g/mol. The molecule has 8 nitrogen and oxygen atoms in total. The van der Waals surface area contributed by atoms with Crippen molar-refractivity contribution < 1.29 is 13.2 Å². The van der Waals surface area contributed by atoms with Crippen molar-refractivity contribution in [1.29, 1.82) is 5.26 Å². The summed E-state index contributed by atoms with van der Waals surface area (Å²) in [6, 6.07) is 15.1. The van der Waals surface area contributed by atoms with Gasteiger partial charge in [-0.2, -0.15) is 9.57 Å². The number of amides is 1. The molecular formula is C22H27N5O3S. The van der Waals surface area contributed by atoms with Crippen LogP contribution in [0.5, 0.6) is 0 Å². The normalized spacial score (nSPS) is 15.0. The number of sulfonamides is 1. The molecular weight excluding hydrogens is 414 g/mol. The van der Waals surface area contributed by atoms with Crippen LogP contribution < -0.4 is 10.2 Å². The van der Waals surface area contributed by atoms with Crippen molar-refractivity contribution >= 4 is 27.3 Å². The number of hydrogen-bond donors (Lipinski definition) is 1. The van der Waals surface area contributed by atoms with Crippen LogP contribution in [0.1, 0.15) is 12.5 Å². The van der Waals surface area contributed by atoms with Crippen LogP contribution in [-0.2, 0) is 14.8 Å². The number of carbonyl (C=O) groups is 1. The molecule has 0 bridgehead atoms. The maximum atomic E-state index is 12.7. The van der Waals surface area contributed by atoms with E-state index in [1.54, 1.807) is 0 Å². The number of piperazine rings is 1.